The third-order valence-corrected chi connectivity index (χ3v) is 2.52. The fourth-order valence-corrected chi connectivity index (χ4v) is 1.42. The monoisotopic (exact) mass is 266 g/mol. The van der Waals surface area contributed by atoms with Crippen LogP contribution in [0, 0.1) is 17.2 Å². The zero-order chi connectivity index (χ0) is 13.5. The maximum absolute atomic E-state index is 11.5. The number of hydrogen-bond acceptors (Lipinski definition) is 4. The normalized spacial score (nSPS) is 9.94. The summed E-state index contributed by atoms with van der Waals surface area (Å²) >= 11 is 5.94. The van der Waals surface area contributed by atoms with Crippen LogP contribution in [0.15, 0.2) is 12.3 Å². The lowest BCUT2D eigenvalue weighted by molar-refractivity contribution is -0.119. The van der Waals surface area contributed by atoms with E-state index >= 15 is 0 Å². The van der Waals surface area contributed by atoms with E-state index in [-0.39, 0.29) is 17.5 Å². The Morgan fingerprint density at radius 3 is 2.94 bits per heavy atom. The van der Waals surface area contributed by atoms with Gasteiger partial charge in [-0.15, -0.1) is 0 Å². The van der Waals surface area contributed by atoms with Crippen molar-refractivity contribution in [2.75, 3.05) is 18.4 Å². The van der Waals surface area contributed by atoms with Crippen molar-refractivity contribution < 1.29 is 4.79 Å². The van der Waals surface area contributed by atoms with Gasteiger partial charge in [0.1, 0.15) is 16.9 Å². The molecule has 2 N–H and O–H groups in total. The van der Waals surface area contributed by atoms with Gasteiger partial charge in [-0.05, 0) is 12.0 Å². The third-order valence-electron chi connectivity index (χ3n) is 2.13. The molecule has 96 valence electrons. The van der Waals surface area contributed by atoms with E-state index in [2.05, 4.69) is 15.6 Å². The van der Waals surface area contributed by atoms with Crippen LogP contribution in [-0.2, 0) is 4.79 Å². The first-order chi connectivity index (χ1) is 8.54. The largest absolute Gasteiger partial charge is 0.360 e. The van der Waals surface area contributed by atoms with Gasteiger partial charge >= 0.3 is 0 Å². The topological polar surface area (TPSA) is 77.8 Å². The zero-order valence-corrected chi connectivity index (χ0v) is 11.1. The van der Waals surface area contributed by atoms with Crippen molar-refractivity contribution in [2.45, 2.75) is 13.8 Å². The number of pyridine rings is 1. The molecule has 6 heteroatoms. The van der Waals surface area contributed by atoms with Crippen LogP contribution in [0.5, 0.6) is 0 Å². The Bertz CT molecular complexity index is 468. The number of aromatic nitrogens is 1. The van der Waals surface area contributed by atoms with Gasteiger partial charge in [-0.2, -0.15) is 5.26 Å². The van der Waals surface area contributed by atoms with Gasteiger partial charge < -0.3 is 10.6 Å². The Hall–Kier alpha value is -1.80. The first-order valence-electron chi connectivity index (χ1n) is 5.59. The molecule has 1 aromatic rings. The number of carbonyl (C=O) groups is 1. The summed E-state index contributed by atoms with van der Waals surface area (Å²) in [5.41, 5.74) is 0.330. The highest BCUT2D eigenvalue weighted by Gasteiger charge is 2.08. The number of nitriles is 1. The van der Waals surface area contributed by atoms with Gasteiger partial charge in [0.05, 0.1) is 12.1 Å². The molecule has 1 rings (SSSR count). The molecular weight excluding hydrogens is 252 g/mol. The van der Waals surface area contributed by atoms with E-state index < -0.39 is 0 Å². The summed E-state index contributed by atoms with van der Waals surface area (Å²) in [6.07, 6.45) is 1.47. The first kappa shape index (κ1) is 14.3. The standard InChI is InChI=1S/C12H15ClN4O/c1-8(2)6-16-10(18)7-17-12-11(13)9(5-14)3-4-15-12/h3-4,8H,6-7H2,1-2H3,(H,15,17)(H,16,18). The third kappa shape index (κ3) is 4.22. The summed E-state index contributed by atoms with van der Waals surface area (Å²) < 4.78 is 0. The molecular formula is C12H15ClN4O. The van der Waals surface area contributed by atoms with Crippen molar-refractivity contribution in [2.24, 2.45) is 5.92 Å². The molecule has 0 radical (unpaired) electrons. The molecule has 18 heavy (non-hydrogen) atoms. The number of amides is 1. The van der Waals surface area contributed by atoms with E-state index in [0.29, 0.717) is 23.8 Å². The maximum atomic E-state index is 11.5. The molecule has 0 saturated heterocycles. The highest BCUT2D eigenvalue weighted by Crippen LogP contribution is 2.22. The molecule has 1 amide bonds. The average Bonchev–Trinajstić information content (AvgIpc) is 2.35. The number of nitrogens with zero attached hydrogens (tertiary/aromatic N) is 2. The van der Waals surface area contributed by atoms with E-state index in [9.17, 15) is 4.79 Å². The molecule has 5 nitrogen and oxygen atoms in total. The average molecular weight is 267 g/mol. The molecule has 0 spiro atoms. The molecule has 0 bridgehead atoms. The van der Waals surface area contributed by atoms with Crippen LogP contribution in [0.4, 0.5) is 5.82 Å². The lowest BCUT2D eigenvalue weighted by Gasteiger charge is -2.10. The Kier molecular flexibility index (Phi) is 5.40. The minimum atomic E-state index is -0.135. The summed E-state index contributed by atoms with van der Waals surface area (Å²) in [6.45, 7) is 4.74. The first-order valence-corrected chi connectivity index (χ1v) is 5.97. The van der Waals surface area contributed by atoms with Crippen LogP contribution >= 0.6 is 11.6 Å². The Morgan fingerprint density at radius 2 is 2.33 bits per heavy atom. The van der Waals surface area contributed by atoms with Gasteiger partial charge in [-0.25, -0.2) is 4.98 Å². The van der Waals surface area contributed by atoms with E-state index in [1.165, 1.54) is 12.3 Å². The van der Waals surface area contributed by atoms with E-state index in [0.717, 1.165) is 0 Å². The second kappa shape index (κ2) is 6.82. The van der Waals surface area contributed by atoms with Gasteiger partial charge in [0, 0.05) is 12.7 Å². The maximum Gasteiger partial charge on any atom is 0.239 e. The highest BCUT2D eigenvalue weighted by molar-refractivity contribution is 6.34. The second-order valence-electron chi connectivity index (χ2n) is 4.18. The number of nitrogens with one attached hydrogen (secondary N) is 2. The lowest BCUT2D eigenvalue weighted by atomic mass is 10.2. The number of rotatable bonds is 5. The van der Waals surface area contributed by atoms with Crippen molar-refractivity contribution in [1.29, 1.82) is 5.26 Å². The fourth-order valence-electron chi connectivity index (χ4n) is 1.20. The number of carbonyl (C=O) groups excluding carboxylic acids is 1. The molecule has 0 aliphatic carbocycles. The van der Waals surface area contributed by atoms with Crippen molar-refractivity contribution in [3.05, 3.63) is 22.8 Å². The van der Waals surface area contributed by atoms with Crippen LogP contribution in [0.3, 0.4) is 0 Å². The predicted molar refractivity (Wildman–Crippen MR) is 70.3 cm³/mol. The molecule has 1 heterocycles. The highest BCUT2D eigenvalue weighted by atomic mass is 35.5. The van der Waals surface area contributed by atoms with Gasteiger partial charge in [-0.3, -0.25) is 4.79 Å². The van der Waals surface area contributed by atoms with Gasteiger partial charge in [0.15, 0.2) is 0 Å². The smallest absolute Gasteiger partial charge is 0.239 e. The van der Waals surface area contributed by atoms with Gasteiger partial charge in [0.2, 0.25) is 5.91 Å². The SMILES string of the molecule is CC(C)CNC(=O)CNc1nccc(C#N)c1Cl. The van der Waals surface area contributed by atoms with Crippen molar-refractivity contribution in [3.63, 3.8) is 0 Å². The molecule has 0 unspecified atom stereocenters. The lowest BCUT2D eigenvalue weighted by Crippen LogP contribution is -2.32. The fraction of sp³-hybridized carbons (Fsp3) is 0.417. The summed E-state index contributed by atoms with van der Waals surface area (Å²) in [4.78, 5) is 15.5. The quantitative estimate of drug-likeness (QED) is 0.852. The molecule has 0 aliphatic heterocycles. The number of halogens is 1. The Labute approximate surface area is 111 Å². The van der Waals surface area contributed by atoms with E-state index in [1.807, 2.05) is 19.9 Å². The minimum absolute atomic E-state index is 0.0777. The van der Waals surface area contributed by atoms with Crippen LogP contribution < -0.4 is 10.6 Å². The zero-order valence-electron chi connectivity index (χ0n) is 10.3. The number of anilines is 1. The Morgan fingerprint density at radius 1 is 1.61 bits per heavy atom. The van der Waals surface area contributed by atoms with E-state index in [4.69, 9.17) is 16.9 Å². The van der Waals surface area contributed by atoms with Crippen molar-refractivity contribution >= 4 is 23.3 Å². The van der Waals surface area contributed by atoms with Crippen LogP contribution in [0.25, 0.3) is 0 Å². The van der Waals surface area contributed by atoms with Crippen molar-refractivity contribution in [1.82, 2.24) is 10.3 Å². The molecule has 1 aromatic heterocycles. The summed E-state index contributed by atoms with van der Waals surface area (Å²) in [5.74, 6) is 0.608. The van der Waals surface area contributed by atoms with Crippen LogP contribution in [-0.4, -0.2) is 24.0 Å². The predicted octanol–water partition coefficient (Wildman–Crippen LogP) is 1.79. The van der Waals surface area contributed by atoms with E-state index in [1.54, 1.807) is 0 Å². The van der Waals surface area contributed by atoms with Crippen molar-refractivity contribution in [3.8, 4) is 6.07 Å². The van der Waals surface area contributed by atoms with Crippen LogP contribution in [0.1, 0.15) is 19.4 Å². The number of hydrogen-bond donors (Lipinski definition) is 2. The van der Waals surface area contributed by atoms with Gasteiger partial charge in [0.25, 0.3) is 0 Å². The second-order valence-corrected chi connectivity index (χ2v) is 4.56. The molecule has 0 fully saturated rings. The van der Waals surface area contributed by atoms with Gasteiger partial charge in [-0.1, -0.05) is 25.4 Å². The summed E-state index contributed by atoms with van der Waals surface area (Å²) in [7, 11) is 0. The minimum Gasteiger partial charge on any atom is -0.360 e. The Balaban J connectivity index is 2.54. The summed E-state index contributed by atoms with van der Waals surface area (Å²) in [5, 5.41) is 14.6. The summed E-state index contributed by atoms with van der Waals surface area (Å²) in [6, 6.07) is 3.47. The molecule has 0 saturated carbocycles. The van der Waals surface area contributed by atoms with Crippen LogP contribution in [0.2, 0.25) is 5.02 Å². The molecule has 0 aromatic carbocycles. The molecule has 0 atom stereocenters. The molecule has 0 aliphatic rings.